The van der Waals surface area contributed by atoms with Crippen molar-refractivity contribution in [2.45, 2.75) is 19.8 Å². The van der Waals surface area contributed by atoms with Gasteiger partial charge >= 0.3 is 0 Å². The normalized spacial score (nSPS) is 21.2. The standard InChI is InChI=1S/C10H18N2S/c1-9(5-11)6-12(2)7-10(8-13)3-4-10/h9,13H,3-4,6-8H2,1-2H3. The Bertz CT molecular complexity index is 205. The molecule has 0 aromatic rings. The first-order chi connectivity index (χ1) is 6.12. The average molecular weight is 198 g/mol. The molecule has 1 saturated carbocycles. The molecule has 0 N–H and O–H groups in total. The maximum atomic E-state index is 8.66. The average Bonchev–Trinajstić information content (AvgIpc) is 2.85. The highest BCUT2D eigenvalue weighted by Gasteiger charge is 2.41. The molecule has 2 nitrogen and oxygen atoms in total. The number of hydrogen-bond donors (Lipinski definition) is 1. The molecule has 13 heavy (non-hydrogen) atoms. The van der Waals surface area contributed by atoms with Crippen molar-refractivity contribution in [1.82, 2.24) is 4.90 Å². The van der Waals surface area contributed by atoms with E-state index in [-0.39, 0.29) is 5.92 Å². The van der Waals surface area contributed by atoms with Gasteiger partial charge in [-0.3, -0.25) is 0 Å². The summed E-state index contributed by atoms with van der Waals surface area (Å²) in [6.07, 6.45) is 2.61. The molecule has 0 aliphatic heterocycles. The molecule has 1 rings (SSSR count). The summed E-state index contributed by atoms with van der Waals surface area (Å²) in [5, 5.41) is 8.66. The van der Waals surface area contributed by atoms with Gasteiger partial charge in [-0.2, -0.15) is 17.9 Å². The Labute approximate surface area is 86.3 Å². The highest BCUT2D eigenvalue weighted by atomic mass is 32.1. The summed E-state index contributed by atoms with van der Waals surface area (Å²) in [5.74, 6) is 1.12. The maximum Gasteiger partial charge on any atom is 0.0666 e. The van der Waals surface area contributed by atoms with Crippen LogP contribution in [0.4, 0.5) is 0 Å². The Kier molecular flexibility index (Phi) is 3.63. The predicted octanol–water partition coefficient (Wildman–Crippen LogP) is 1.79. The van der Waals surface area contributed by atoms with Gasteiger partial charge in [0.15, 0.2) is 0 Å². The third kappa shape index (κ3) is 3.21. The van der Waals surface area contributed by atoms with Crippen LogP contribution in [0.25, 0.3) is 0 Å². The van der Waals surface area contributed by atoms with Crippen LogP contribution in [-0.4, -0.2) is 30.8 Å². The van der Waals surface area contributed by atoms with Crippen molar-refractivity contribution < 1.29 is 0 Å². The largest absolute Gasteiger partial charge is 0.304 e. The topological polar surface area (TPSA) is 27.0 Å². The minimum atomic E-state index is 0.140. The van der Waals surface area contributed by atoms with E-state index in [2.05, 4.69) is 30.6 Å². The van der Waals surface area contributed by atoms with E-state index in [0.29, 0.717) is 5.41 Å². The summed E-state index contributed by atoms with van der Waals surface area (Å²) in [6, 6.07) is 2.26. The lowest BCUT2D eigenvalue weighted by Crippen LogP contribution is -2.31. The highest BCUT2D eigenvalue weighted by molar-refractivity contribution is 7.80. The molecular weight excluding hydrogens is 180 g/mol. The molecule has 0 bridgehead atoms. The van der Waals surface area contributed by atoms with Gasteiger partial charge < -0.3 is 4.90 Å². The summed E-state index contributed by atoms with van der Waals surface area (Å²) < 4.78 is 0. The molecule has 3 heteroatoms. The van der Waals surface area contributed by atoms with E-state index in [1.165, 1.54) is 12.8 Å². The number of nitrogens with zero attached hydrogens (tertiary/aromatic N) is 2. The van der Waals surface area contributed by atoms with Crippen molar-refractivity contribution in [1.29, 1.82) is 5.26 Å². The molecule has 1 aliphatic carbocycles. The molecule has 0 aromatic carbocycles. The van der Waals surface area contributed by atoms with Gasteiger partial charge in [0.1, 0.15) is 0 Å². The second-order valence-electron chi connectivity index (χ2n) is 4.39. The molecule has 1 unspecified atom stereocenters. The molecule has 0 aromatic heterocycles. The van der Waals surface area contributed by atoms with Crippen LogP contribution in [-0.2, 0) is 0 Å². The fourth-order valence-electron chi connectivity index (χ4n) is 1.69. The zero-order chi connectivity index (χ0) is 9.90. The van der Waals surface area contributed by atoms with Crippen LogP contribution in [0.1, 0.15) is 19.8 Å². The van der Waals surface area contributed by atoms with Gasteiger partial charge in [0.2, 0.25) is 0 Å². The Balaban J connectivity index is 2.26. The van der Waals surface area contributed by atoms with Crippen molar-refractivity contribution in [2.75, 3.05) is 25.9 Å². The Hall–Kier alpha value is -0.200. The Morgan fingerprint density at radius 3 is 2.62 bits per heavy atom. The first kappa shape index (κ1) is 10.9. The second-order valence-corrected chi connectivity index (χ2v) is 4.70. The van der Waals surface area contributed by atoms with Crippen molar-refractivity contribution in [3.63, 3.8) is 0 Å². The van der Waals surface area contributed by atoms with Crippen molar-refractivity contribution in [3.05, 3.63) is 0 Å². The number of nitriles is 1. The van der Waals surface area contributed by atoms with Crippen LogP contribution in [0.2, 0.25) is 0 Å². The molecular formula is C10H18N2S. The first-order valence-corrected chi connectivity index (χ1v) is 5.44. The third-order valence-electron chi connectivity index (χ3n) is 2.70. The summed E-state index contributed by atoms with van der Waals surface area (Å²) in [6.45, 7) is 3.95. The zero-order valence-electron chi connectivity index (χ0n) is 8.45. The number of rotatable bonds is 5. The molecule has 0 saturated heterocycles. The van der Waals surface area contributed by atoms with Crippen molar-refractivity contribution in [3.8, 4) is 6.07 Å². The van der Waals surface area contributed by atoms with Crippen LogP contribution in [0, 0.1) is 22.7 Å². The highest BCUT2D eigenvalue weighted by Crippen LogP contribution is 2.46. The summed E-state index contributed by atoms with van der Waals surface area (Å²) in [4.78, 5) is 2.26. The Morgan fingerprint density at radius 1 is 1.62 bits per heavy atom. The van der Waals surface area contributed by atoms with E-state index in [1.54, 1.807) is 0 Å². The smallest absolute Gasteiger partial charge is 0.0666 e. The van der Waals surface area contributed by atoms with Gasteiger partial charge in [-0.05, 0) is 38.0 Å². The monoisotopic (exact) mass is 198 g/mol. The first-order valence-electron chi connectivity index (χ1n) is 4.81. The number of thiol groups is 1. The molecule has 0 amide bonds. The van der Waals surface area contributed by atoms with E-state index in [1.807, 2.05) is 6.92 Å². The van der Waals surface area contributed by atoms with Crippen LogP contribution >= 0.6 is 12.6 Å². The van der Waals surface area contributed by atoms with Crippen LogP contribution in [0.5, 0.6) is 0 Å². The summed E-state index contributed by atoms with van der Waals surface area (Å²) >= 11 is 4.36. The zero-order valence-corrected chi connectivity index (χ0v) is 9.35. The fraction of sp³-hybridized carbons (Fsp3) is 0.900. The lowest BCUT2D eigenvalue weighted by molar-refractivity contribution is 0.261. The maximum absolute atomic E-state index is 8.66. The quantitative estimate of drug-likeness (QED) is 0.682. The lowest BCUT2D eigenvalue weighted by Gasteiger charge is -2.23. The summed E-state index contributed by atoms with van der Waals surface area (Å²) in [7, 11) is 2.09. The van der Waals surface area contributed by atoms with E-state index in [9.17, 15) is 0 Å². The predicted molar refractivity (Wildman–Crippen MR) is 57.8 cm³/mol. The molecule has 0 radical (unpaired) electrons. The molecule has 74 valence electrons. The molecule has 1 aliphatic rings. The SMILES string of the molecule is CC(C#N)CN(C)CC1(CS)CC1. The van der Waals surface area contributed by atoms with Gasteiger partial charge in [0.25, 0.3) is 0 Å². The van der Waals surface area contributed by atoms with Gasteiger partial charge in [0.05, 0.1) is 12.0 Å². The van der Waals surface area contributed by atoms with Gasteiger partial charge in [-0.25, -0.2) is 0 Å². The van der Waals surface area contributed by atoms with Gasteiger partial charge in [-0.1, -0.05) is 0 Å². The second kappa shape index (κ2) is 4.34. The van der Waals surface area contributed by atoms with Crippen molar-refractivity contribution in [2.24, 2.45) is 11.3 Å². The van der Waals surface area contributed by atoms with Crippen molar-refractivity contribution >= 4 is 12.6 Å². The minimum Gasteiger partial charge on any atom is -0.304 e. The lowest BCUT2D eigenvalue weighted by atomic mass is 10.1. The van der Waals surface area contributed by atoms with E-state index >= 15 is 0 Å². The molecule has 0 spiro atoms. The molecule has 1 fully saturated rings. The fourth-order valence-corrected chi connectivity index (χ4v) is 2.10. The molecule has 0 heterocycles. The summed E-state index contributed by atoms with van der Waals surface area (Å²) in [5.41, 5.74) is 0.479. The van der Waals surface area contributed by atoms with Gasteiger partial charge in [-0.15, -0.1) is 0 Å². The Morgan fingerprint density at radius 2 is 2.23 bits per heavy atom. The molecule has 1 atom stereocenters. The van der Waals surface area contributed by atoms with E-state index < -0.39 is 0 Å². The van der Waals surface area contributed by atoms with Gasteiger partial charge in [0, 0.05) is 13.1 Å². The minimum absolute atomic E-state index is 0.140. The van der Waals surface area contributed by atoms with E-state index in [4.69, 9.17) is 5.26 Å². The van der Waals surface area contributed by atoms with Crippen LogP contribution in [0.15, 0.2) is 0 Å². The number of hydrogen-bond acceptors (Lipinski definition) is 3. The van der Waals surface area contributed by atoms with E-state index in [0.717, 1.165) is 18.8 Å². The van der Waals surface area contributed by atoms with Crippen LogP contribution in [0.3, 0.4) is 0 Å². The van der Waals surface area contributed by atoms with Crippen LogP contribution < -0.4 is 0 Å². The third-order valence-corrected chi connectivity index (χ3v) is 3.37.